The Bertz CT molecular complexity index is 1190. The summed E-state index contributed by atoms with van der Waals surface area (Å²) in [5.74, 6) is -7.80. The zero-order chi connectivity index (χ0) is 25.3. The Morgan fingerprint density at radius 2 is 1.56 bits per heavy atom. The Kier molecular flexibility index (Phi) is 6.51. The summed E-state index contributed by atoms with van der Waals surface area (Å²) in [6, 6.07) is 7.38. The van der Waals surface area contributed by atoms with E-state index in [0.29, 0.717) is 18.2 Å². The molecular formula is C21H13F7N2O4. The van der Waals surface area contributed by atoms with E-state index in [1.807, 2.05) is 0 Å². The predicted octanol–water partition coefficient (Wildman–Crippen LogP) is 5.18. The number of pyridine rings is 1. The third-order valence-electron chi connectivity index (χ3n) is 4.76. The lowest BCUT2D eigenvalue weighted by Gasteiger charge is -2.32. The molecule has 2 aromatic carbocycles. The zero-order valence-electron chi connectivity index (χ0n) is 16.7. The standard InChI is InChI=1S/C21H13F7N2O4/c22-14-4-7-16(17(23)9-14)19(31,11-30(32)33)20(24,25)18-8-3-13(10-29-18)12-1-5-15(6-2-12)34-21(26,27)28/h1-10,31H,11H2/t19-/m1/s1. The van der Waals surface area contributed by atoms with Crippen LogP contribution >= 0.6 is 0 Å². The van der Waals surface area contributed by atoms with Gasteiger partial charge in [-0.1, -0.05) is 18.2 Å². The van der Waals surface area contributed by atoms with Crippen molar-refractivity contribution in [3.8, 4) is 16.9 Å². The zero-order valence-corrected chi connectivity index (χ0v) is 16.7. The number of rotatable bonds is 7. The highest BCUT2D eigenvalue weighted by Gasteiger charge is 2.60. The molecule has 180 valence electrons. The van der Waals surface area contributed by atoms with Crippen LogP contribution in [0.25, 0.3) is 11.1 Å². The molecule has 0 spiro atoms. The molecule has 0 saturated carbocycles. The lowest BCUT2D eigenvalue weighted by Crippen LogP contribution is -2.49. The Hall–Kier alpha value is -3.74. The van der Waals surface area contributed by atoms with Gasteiger partial charge in [0.15, 0.2) is 0 Å². The molecule has 34 heavy (non-hydrogen) atoms. The van der Waals surface area contributed by atoms with Gasteiger partial charge in [-0.25, -0.2) is 8.78 Å². The van der Waals surface area contributed by atoms with Crippen molar-refractivity contribution in [1.82, 2.24) is 4.98 Å². The van der Waals surface area contributed by atoms with Crippen LogP contribution in [0.2, 0.25) is 0 Å². The first-order valence-electron chi connectivity index (χ1n) is 9.23. The summed E-state index contributed by atoms with van der Waals surface area (Å²) in [7, 11) is 0. The third-order valence-corrected chi connectivity index (χ3v) is 4.76. The summed E-state index contributed by atoms with van der Waals surface area (Å²) >= 11 is 0. The molecule has 0 aliphatic rings. The van der Waals surface area contributed by atoms with Crippen molar-refractivity contribution >= 4 is 0 Å². The highest BCUT2D eigenvalue weighted by atomic mass is 19.4. The van der Waals surface area contributed by atoms with E-state index in [2.05, 4.69) is 9.72 Å². The van der Waals surface area contributed by atoms with Gasteiger partial charge >= 0.3 is 12.3 Å². The molecule has 0 radical (unpaired) electrons. The summed E-state index contributed by atoms with van der Waals surface area (Å²) in [4.78, 5) is 13.2. The molecule has 0 bridgehead atoms. The van der Waals surface area contributed by atoms with Gasteiger partial charge in [-0.05, 0) is 35.9 Å². The van der Waals surface area contributed by atoms with Crippen molar-refractivity contribution in [2.45, 2.75) is 17.9 Å². The van der Waals surface area contributed by atoms with E-state index in [4.69, 9.17) is 0 Å². The Balaban J connectivity index is 1.96. The van der Waals surface area contributed by atoms with Gasteiger partial charge in [0.2, 0.25) is 12.1 Å². The van der Waals surface area contributed by atoms with E-state index in [9.17, 15) is 37.2 Å². The van der Waals surface area contributed by atoms with Crippen LogP contribution in [0.4, 0.5) is 30.7 Å². The van der Waals surface area contributed by atoms with Crippen molar-refractivity contribution in [1.29, 1.82) is 0 Å². The van der Waals surface area contributed by atoms with Crippen LogP contribution in [-0.4, -0.2) is 27.9 Å². The number of ether oxygens (including phenoxy) is 1. The molecule has 1 aromatic heterocycles. The van der Waals surface area contributed by atoms with Crippen LogP contribution in [0.15, 0.2) is 60.8 Å². The highest BCUT2D eigenvalue weighted by Crippen LogP contribution is 2.46. The molecule has 0 saturated heterocycles. The van der Waals surface area contributed by atoms with Crippen LogP contribution in [0.1, 0.15) is 11.3 Å². The van der Waals surface area contributed by atoms with Crippen molar-refractivity contribution in [2.24, 2.45) is 0 Å². The maximum Gasteiger partial charge on any atom is 0.573 e. The maximum atomic E-state index is 15.3. The average Bonchev–Trinajstić information content (AvgIpc) is 2.72. The molecule has 0 unspecified atom stereocenters. The summed E-state index contributed by atoms with van der Waals surface area (Å²) < 4.78 is 98.5. The minimum Gasteiger partial charge on any atom is -0.406 e. The fraction of sp³-hybridized carbons (Fsp3) is 0.190. The lowest BCUT2D eigenvalue weighted by molar-refractivity contribution is -0.514. The van der Waals surface area contributed by atoms with Crippen molar-refractivity contribution in [3.63, 3.8) is 0 Å². The maximum absolute atomic E-state index is 15.3. The molecule has 1 heterocycles. The number of hydrogen-bond donors (Lipinski definition) is 1. The van der Waals surface area contributed by atoms with E-state index < -0.39 is 58.0 Å². The fourth-order valence-electron chi connectivity index (χ4n) is 3.18. The molecule has 6 nitrogen and oxygen atoms in total. The van der Waals surface area contributed by atoms with Gasteiger partial charge in [-0.3, -0.25) is 15.1 Å². The number of nitro groups is 1. The summed E-state index contributed by atoms with van der Waals surface area (Å²) in [5.41, 5.74) is -5.66. The summed E-state index contributed by atoms with van der Waals surface area (Å²) in [6.07, 6.45) is -4.02. The first-order chi connectivity index (χ1) is 15.7. The molecule has 0 aliphatic heterocycles. The third kappa shape index (κ3) is 5.09. The Morgan fingerprint density at radius 3 is 2.06 bits per heavy atom. The van der Waals surface area contributed by atoms with Crippen molar-refractivity contribution in [3.05, 3.63) is 93.8 Å². The number of nitrogens with zero attached hydrogens (tertiary/aromatic N) is 2. The number of aromatic nitrogens is 1. The van der Waals surface area contributed by atoms with Crippen LogP contribution in [0.3, 0.4) is 0 Å². The van der Waals surface area contributed by atoms with Crippen LogP contribution in [0, 0.1) is 21.7 Å². The van der Waals surface area contributed by atoms with E-state index in [-0.39, 0.29) is 17.2 Å². The van der Waals surface area contributed by atoms with E-state index in [1.165, 1.54) is 12.1 Å². The molecule has 0 aliphatic carbocycles. The van der Waals surface area contributed by atoms with E-state index in [1.54, 1.807) is 0 Å². The SMILES string of the molecule is O=[N+]([O-])C[C@@](O)(c1ccc(F)cc1F)C(F)(F)c1ccc(-c2ccc(OC(F)(F)F)cc2)cn1. The van der Waals surface area contributed by atoms with Gasteiger partial charge in [-0.15, -0.1) is 13.2 Å². The minimum absolute atomic E-state index is 0.170. The minimum atomic E-state index is -4.90. The number of benzene rings is 2. The molecule has 13 heteroatoms. The highest BCUT2D eigenvalue weighted by molar-refractivity contribution is 5.63. The number of hydrogen-bond acceptors (Lipinski definition) is 5. The first-order valence-corrected chi connectivity index (χ1v) is 9.23. The van der Waals surface area contributed by atoms with Gasteiger partial charge in [0.25, 0.3) is 0 Å². The molecule has 1 atom stereocenters. The Labute approximate surface area is 186 Å². The van der Waals surface area contributed by atoms with E-state index in [0.717, 1.165) is 24.4 Å². The second kappa shape index (κ2) is 8.89. The molecule has 1 N–H and O–H groups in total. The van der Waals surface area contributed by atoms with Gasteiger partial charge in [0, 0.05) is 28.3 Å². The largest absolute Gasteiger partial charge is 0.573 e. The molecule has 3 rings (SSSR count). The van der Waals surface area contributed by atoms with Crippen LogP contribution in [0.5, 0.6) is 5.75 Å². The summed E-state index contributed by atoms with van der Waals surface area (Å²) in [6.45, 7) is -1.83. The van der Waals surface area contributed by atoms with Crippen molar-refractivity contribution in [2.75, 3.05) is 6.54 Å². The second-order valence-electron chi connectivity index (χ2n) is 7.05. The fourth-order valence-corrected chi connectivity index (χ4v) is 3.18. The molecule has 0 amide bonds. The molecule has 3 aromatic rings. The van der Waals surface area contributed by atoms with Crippen LogP contribution in [-0.2, 0) is 11.5 Å². The normalized spacial score (nSPS) is 13.9. The topological polar surface area (TPSA) is 85.5 Å². The van der Waals surface area contributed by atoms with Gasteiger partial charge in [0.05, 0.1) is 0 Å². The first kappa shape index (κ1) is 24.9. The van der Waals surface area contributed by atoms with Gasteiger partial charge in [-0.2, -0.15) is 8.78 Å². The quantitative estimate of drug-likeness (QED) is 0.280. The monoisotopic (exact) mass is 490 g/mol. The smallest absolute Gasteiger partial charge is 0.406 e. The predicted molar refractivity (Wildman–Crippen MR) is 102 cm³/mol. The van der Waals surface area contributed by atoms with Crippen LogP contribution < -0.4 is 4.74 Å². The molecular weight excluding hydrogens is 477 g/mol. The second-order valence-corrected chi connectivity index (χ2v) is 7.05. The van der Waals surface area contributed by atoms with E-state index >= 15 is 8.78 Å². The average molecular weight is 490 g/mol. The Morgan fingerprint density at radius 1 is 0.941 bits per heavy atom. The molecule has 0 fully saturated rings. The van der Waals surface area contributed by atoms with Gasteiger partial charge < -0.3 is 9.84 Å². The summed E-state index contributed by atoms with van der Waals surface area (Å²) in [5, 5.41) is 21.6. The number of alkyl halides is 5. The number of halogens is 7. The van der Waals surface area contributed by atoms with Gasteiger partial charge in [0.1, 0.15) is 23.1 Å². The lowest BCUT2D eigenvalue weighted by atomic mass is 9.84. The number of aliphatic hydroxyl groups is 1. The van der Waals surface area contributed by atoms with Crippen molar-refractivity contribution < 1.29 is 45.5 Å².